The summed E-state index contributed by atoms with van der Waals surface area (Å²) in [5, 5.41) is 14.5. The van der Waals surface area contributed by atoms with Crippen LogP contribution in [0.5, 0.6) is 0 Å². The van der Waals surface area contributed by atoms with Crippen molar-refractivity contribution in [2.75, 3.05) is 7.05 Å². The van der Waals surface area contributed by atoms with E-state index in [1.54, 1.807) is 54.0 Å². The second-order valence-corrected chi connectivity index (χ2v) is 13.5. The number of carboxylic acid groups (broad SMARTS) is 1. The number of nitrogens with zero attached hydrogens (tertiary/aromatic N) is 2. The van der Waals surface area contributed by atoms with Crippen molar-refractivity contribution in [3.8, 4) is 0 Å². The van der Waals surface area contributed by atoms with Crippen molar-refractivity contribution in [1.82, 2.24) is 15.2 Å². The maximum absolute atomic E-state index is 13.3. The predicted molar refractivity (Wildman–Crippen MR) is 166 cm³/mol. The van der Waals surface area contributed by atoms with Gasteiger partial charge in [-0.05, 0) is 45.1 Å². The minimum absolute atomic E-state index is 0.00419. The molecule has 1 aromatic heterocycles. The Bertz CT molecular complexity index is 1220. The number of carbonyl (C=O) groups is 4. The zero-order chi connectivity index (χ0) is 32.5. The summed E-state index contributed by atoms with van der Waals surface area (Å²) in [5.41, 5.74) is 0.446. The number of benzene rings is 1. The Kier molecular flexibility index (Phi) is 13.2. The molecule has 2 rings (SSSR count). The SMILES string of the molecule is CC(C)C(=O)O[C@H](C[C@H](C(C)C)N(C)C(=O)OC(C)(C)C)c1nc(C(=O)NC(Cc2ccccc2)CC(C)C(=O)O)cs1. The van der Waals surface area contributed by atoms with Gasteiger partial charge in [0.05, 0.1) is 11.8 Å². The van der Waals surface area contributed by atoms with Gasteiger partial charge in [-0.25, -0.2) is 9.78 Å². The minimum atomic E-state index is -0.936. The first-order valence-corrected chi connectivity index (χ1v) is 15.6. The van der Waals surface area contributed by atoms with Crippen LogP contribution in [0.4, 0.5) is 4.79 Å². The topological polar surface area (TPSA) is 135 Å². The molecule has 238 valence electrons. The Hall–Kier alpha value is -3.47. The molecule has 0 radical (unpaired) electrons. The van der Waals surface area contributed by atoms with Crippen LogP contribution in [0.3, 0.4) is 0 Å². The summed E-state index contributed by atoms with van der Waals surface area (Å²) in [5.74, 6) is -2.85. The Morgan fingerprint density at radius 1 is 1.02 bits per heavy atom. The number of aliphatic carboxylic acids is 1. The molecule has 0 saturated heterocycles. The number of rotatable bonds is 14. The van der Waals surface area contributed by atoms with Gasteiger partial charge in [0, 0.05) is 30.9 Å². The van der Waals surface area contributed by atoms with Crippen molar-refractivity contribution in [2.45, 2.75) is 98.4 Å². The largest absolute Gasteiger partial charge is 0.481 e. The monoisotopic (exact) mass is 617 g/mol. The fourth-order valence-electron chi connectivity index (χ4n) is 4.46. The van der Waals surface area contributed by atoms with Gasteiger partial charge in [0.2, 0.25) is 0 Å². The summed E-state index contributed by atoms with van der Waals surface area (Å²) in [6.45, 7) is 14.4. The van der Waals surface area contributed by atoms with E-state index in [0.29, 0.717) is 11.4 Å². The van der Waals surface area contributed by atoms with Gasteiger partial charge >= 0.3 is 18.0 Å². The molecular formula is C32H47N3O7S. The number of carbonyl (C=O) groups excluding carboxylic acids is 3. The Balaban J connectivity index is 2.31. The van der Waals surface area contributed by atoms with Crippen LogP contribution in [0, 0.1) is 17.8 Å². The summed E-state index contributed by atoms with van der Waals surface area (Å²) in [4.78, 5) is 56.6. The Morgan fingerprint density at radius 2 is 1.65 bits per heavy atom. The van der Waals surface area contributed by atoms with Crippen molar-refractivity contribution in [3.63, 3.8) is 0 Å². The second-order valence-electron chi connectivity index (χ2n) is 12.6. The third kappa shape index (κ3) is 11.6. The van der Waals surface area contributed by atoms with E-state index in [4.69, 9.17) is 9.47 Å². The average Bonchev–Trinajstić information content (AvgIpc) is 3.40. The van der Waals surface area contributed by atoms with Crippen LogP contribution in [0.1, 0.15) is 95.4 Å². The molecule has 0 aliphatic carbocycles. The van der Waals surface area contributed by atoms with Crippen LogP contribution in [0.15, 0.2) is 35.7 Å². The highest BCUT2D eigenvalue weighted by Gasteiger charge is 2.33. The predicted octanol–water partition coefficient (Wildman–Crippen LogP) is 6.12. The van der Waals surface area contributed by atoms with Crippen LogP contribution < -0.4 is 5.32 Å². The van der Waals surface area contributed by atoms with Gasteiger partial charge in [-0.15, -0.1) is 11.3 Å². The normalized spacial score (nSPS) is 14.5. The van der Waals surface area contributed by atoms with E-state index in [0.717, 1.165) is 5.56 Å². The van der Waals surface area contributed by atoms with Crippen LogP contribution in [-0.2, 0) is 25.5 Å². The molecule has 4 atom stereocenters. The third-order valence-electron chi connectivity index (χ3n) is 6.88. The molecule has 0 saturated carbocycles. The highest BCUT2D eigenvalue weighted by Crippen LogP contribution is 2.31. The van der Waals surface area contributed by atoms with Crippen LogP contribution in [0.2, 0.25) is 0 Å². The molecule has 0 bridgehead atoms. The van der Waals surface area contributed by atoms with Crippen LogP contribution in [-0.4, -0.2) is 63.7 Å². The summed E-state index contributed by atoms with van der Waals surface area (Å²) >= 11 is 1.20. The smallest absolute Gasteiger partial charge is 0.410 e. The van der Waals surface area contributed by atoms with Gasteiger partial charge in [0.1, 0.15) is 16.3 Å². The number of thiazole rings is 1. The molecule has 1 aromatic carbocycles. The number of nitrogens with one attached hydrogen (secondary N) is 1. The zero-order valence-electron chi connectivity index (χ0n) is 26.7. The van der Waals surface area contributed by atoms with E-state index in [1.165, 1.54) is 16.2 Å². The quantitative estimate of drug-likeness (QED) is 0.242. The molecule has 1 heterocycles. The molecule has 0 aliphatic rings. The number of carboxylic acids is 1. The molecule has 2 amide bonds. The number of hydrogen-bond donors (Lipinski definition) is 2. The van der Waals surface area contributed by atoms with Crippen molar-refractivity contribution < 1.29 is 33.8 Å². The lowest BCUT2D eigenvalue weighted by Crippen LogP contribution is -2.44. The van der Waals surface area contributed by atoms with Crippen molar-refractivity contribution in [3.05, 3.63) is 52.0 Å². The molecule has 2 aromatic rings. The van der Waals surface area contributed by atoms with Gasteiger partial charge < -0.3 is 24.8 Å². The number of aromatic nitrogens is 1. The molecule has 43 heavy (non-hydrogen) atoms. The molecule has 11 heteroatoms. The Morgan fingerprint density at radius 3 is 2.19 bits per heavy atom. The summed E-state index contributed by atoms with van der Waals surface area (Å²) in [6.07, 6.45) is -0.324. The van der Waals surface area contributed by atoms with Crippen molar-refractivity contribution in [2.24, 2.45) is 17.8 Å². The van der Waals surface area contributed by atoms with Crippen LogP contribution in [0.25, 0.3) is 0 Å². The van der Waals surface area contributed by atoms with Gasteiger partial charge in [-0.1, -0.05) is 65.0 Å². The van der Waals surface area contributed by atoms with Gasteiger partial charge in [-0.3, -0.25) is 14.4 Å². The summed E-state index contributed by atoms with van der Waals surface area (Å²) in [6, 6.07) is 8.75. The molecular weight excluding hydrogens is 570 g/mol. The maximum atomic E-state index is 13.3. The third-order valence-corrected chi connectivity index (χ3v) is 7.82. The van der Waals surface area contributed by atoms with E-state index < -0.39 is 47.6 Å². The minimum Gasteiger partial charge on any atom is -0.481 e. The lowest BCUT2D eigenvalue weighted by molar-refractivity contribution is -0.154. The van der Waals surface area contributed by atoms with Gasteiger partial charge in [0.15, 0.2) is 6.10 Å². The number of esters is 1. The van der Waals surface area contributed by atoms with Crippen LogP contribution >= 0.6 is 11.3 Å². The maximum Gasteiger partial charge on any atom is 0.410 e. The van der Waals surface area contributed by atoms with E-state index in [1.807, 2.05) is 44.2 Å². The van der Waals surface area contributed by atoms with Crippen molar-refractivity contribution >= 4 is 35.3 Å². The number of ether oxygens (including phenoxy) is 2. The van der Waals surface area contributed by atoms with Gasteiger partial charge in [0.25, 0.3) is 5.91 Å². The van der Waals surface area contributed by atoms with E-state index in [9.17, 15) is 24.3 Å². The molecule has 10 nitrogen and oxygen atoms in total. The second kappa shape index (κ2) is 15.8. The summed E-state index contributed by atoms with van der Waals surface area (Å²) < 4.78 is 11.4. The highest BCUT2D eigenvalue weighted by molar-refractivity contribution is 7.09. The summed E-state index contributed by atoms with van der Waals surface area (Å²) in [7, 11) is 1.66. The molecule has 2 N–H and O–H groups in total. The molecule has 0 fully saturated rings. The molecule has 0 spiro atoms. The van der Waals surface area contributed by atoms with Gasteiger partial charge in [-0.2, -0.15) is 0 Å². The highest BCUT2D eigenvalue weighted by atomic mass is 32.1. The zero-order valence-corrected chi connectivity index (χ0v) is 27.6. The van der Waals surface area contributed by atoms with E-state index in [2.05, 4.69) is 10.3 Å². The van der Waals surface area contributed by atoms with E-state index in [-0.39, 0.29) is 36.4 Å². The fourth-order valence-corrected chi connectivity index (χ4v) is 5.30. The van der Waals surface area contributed by atoms with Crippen molar-refractivity contribution in [1.29, 1.82) is 0 Å². The standard InChI is InChI=1S/C32H47N3O7S/c1-19(2)25(35(9)31(40)42-32(6,7)8)17-26(41-30(39)20(3)4)28-34-24(18-43-28)27(36)33-23(15-21(5)29(37)38)16-22-13-11-10-12-14-22/h10-14,18-21,23,25-26H,15-17H2,1-9H3,(H,33,36)(H,37,38)/t21?,23?,25-,26-/m1/s1. The average molecular weight is 618 g/mol. The number of hydrogen-bond acceptors (Lipinski definition) is 8. The molecule has 2 unspecified atom stereocenters. The Labute approximate surface area is 259 Å². The first-order chi connectivity index (χ1) is 20.0. The number of amides is 2. The first-order valence-electron chi connectivity index (χ1n) is 14.7. The van der Waals surface area contributed by atoms with E-state index >= 15 is 0 Å². The fraction of sp³-hybridized carbons (Fsp3) is 0.594. The first kappa shape index (κ1) is 35.7. The molecule has 0 aliphatic heterocycles. The lowest BCUT2D eigenvalue weighted by Gasteiger charge is -2.34. The lowest BCUT2D eigenvalue weighted by atomic mass is 9.96.